The Kier molecular flexibility index (Phi) is 3.92. The minimum absolute atomic E-state index is 0.114. The molecule has 1 unspecified atom stereocenters. The van der Waals surface area contributed by atoms with Gasteiger partial charge in [-0.15, -0.1) is 0 Å². The molecule has 0 amide bonds. The predicted molar refractivity (Wildman–Crippen MR) is 81.5 cm³/mol. The summed E-state index contributed by atoms with van der Waals surface area (Å²) < 4.78 is 1.86. The van der Waals surface area contributed by atoms with Crippen molar-refractivity contribution in [2.24, 2.45) is 5.73 Å². The highest BCUT2D eigenvalue weighted by Gasteiger charge is 2.17. The van der Waals surface area contributed by atoms with Crippen LogP contribution in [-0.2, 0) is 0 Å². The lowest BCUT2D eigenvalue weighted by Gasteiger charge is -2.25. The summed E-state index contributed by atoms with van der Waals surface area (Å²) in [5.74, 6) is 1.43. The van der Waals surface area contributed by atoms with Crippen molar-refractivity contribution in [1.29, 1.82) is 5.41 Å². The summed E-state index contributed by atoms with van der Waals surface area (Å²) in [5.41, 5.74) is 7.51. The highest BCUT2D eigenvalue weighted by Crippen LogP contribution is 2.23. The third kappa shape index (κ3) is 2.74. The lowest BCUT2D eigenvalue weighted by atomic mass is 10.1. The summed E-state index contributed by atoms with van der Waals surface area (Å²) in [6.45, 7) is 6.28. The van der Waals surface area contributed by atoms with Crippen molar-refractivity contribution in [2.75, 3.05) is 11.9 Å². The number of rotatable bonds is 5. The van der Waals surface area contributed by atoms with Gasteiger partial charge in [0, 0.05) is 31.9 Å². The molecule has 6 nitrogen and oxygen atoms in total. The quantitative estimate of drug-likeness (QED) is 0.645. The lowest BCUT2D eigenvalue weighted by molar-refractivity contribution is 0.699. The molecule has 0 aliphatic rings. The molecule has 0 spiro atoms. The number of nitrogens with zero attached hydrogens (tertiary/aromatic N) is 4. The van der Waals surface area contributed by atoms with Crippen LogP contribution in [0.2, 0.25) is 0 Å². The summed E-state index contributed by atoms with van der Waals surface area (Å²) >= 11 is 0. The minimum Gasteiger partial charge on any atom is -0.388 e. The van der Waals surface area contributed by atoms with E-state index in [1.165, 1.54) is 0 Å². The SMILES string of the molecule is CC(C)c1cc2c(N(C)C(C)CC(=N)N)nccn2n1. The van der Waals surface area contributed by atoms with Crippen LogP contribution in [-0.4, -0.2) is 33.5 Å². The van der Waals surface area contributed by atoms with E-state index in [2.05, 4.69) is 30.0 Å². The third-order valence-electron chi connectivity index (χ3n) is 3.49. The van der Waals surface area contributed by atoms with E-state index in [-0.39, 0.29) is 11.9 Å². The maximum Gasteiger partial charge on any atom is 0.154 e. The molecule has 0 saturated carbocycles. The molecule has 0 aliphatic carbocycles. The number of fused-ring (bicyclic) bond motifs is 1. The first-order chi connectivity index (χ1) is 9.40. The van der Waals surface area contributed by atoms with Crippen molar-refractivity contribution in [3.05, 3.63) is 24.2 Å². The molecule has 3 N–H and O–H groups in total. The molecule has 20 heavy (non-hydrogen) atoms. The fourth-order valence-electron chi connectivity index (χ4n) is 2.15. The monoisotopic (exact) mass is 274 g/mol. The minimum atomic E-state index is 0.114. The van der Waals surface area contributed by atoms with E-state index in [9.17, 15) is 0 Å². The molecule has 0 bridgehead atoms. The van der Waals surface area contributed by atoms with Crippen LogP contribution in [0.5, 0.6) is 0 Å². The number of hydrogen-bond acceptors (Lipinski definition) is 4. The van der Waals surface area contributed by atoms with Crippen LogP contribution in [0.3, 0.4) is 0 Å². The first-order valence-corrected chi connectivity index (χ1v) is 6.80. The molecule has 2 heterocycles. The van der Waals surface area contributed by atoms with Gasteiger partial charge < -0.3 is 10.6 Å². The average Bonchev–Trinajstić information content (AvgIpc) is 2.80. The van der Waals surface area contributed by atoms with Crippen LogP contribution in [0.4, 0.5) is 5.82 Å². The molecule has 2 rings (SSSR count). The molecular formula is C14H22N6. The zero-order chi connectivity index (χ0) is 14.9. The maximum atomic E-state index is 7.42. The molecule has 2 aromatic heterocycles. The van der Waals surface area contributed by atoms with Gasteiger partial charge in [-0.3, -0.25) is 5.41 Å². The standard InChI is InChI=1S/C14H22N6/c1-9(2)11-8-12-14(17-5-6-20(12)18-11)19(4)10(3)7-13(15)16/h5-6,8-10H,7H2,1-4H3,(H3,15,16). The van der Waals surface area contributed by atoms with Gasteiger partial charge in [0.1, 0.15) is 5.52 Å². The summed E-state index contributed by atoms with van der Waals surface area (Å²) in [6, 6.07) is 2.19. The molecule has 1 atom stereocenters. The van der Waals surface area contributed by atoms with Crippen LogP contribution in [0.1, 0.15) is 38.8 Å². The van der Waals surface area contributed by atoms with Gasteiger partial charge in [0.05, 0.1) is 11.5 Å². The first-order valence-electron chi connectivity index (χ1n) is 6.80. The number of nitrogens with two attached hydrogens (primary N) is 1. The van der Waals surface area contributed by atoms with E-state index in [1.807, 2.05) is 29.6 Å². The Labute approximate surface area is 119 Å². The number of anilines is 1. The molecule has 108 valence electrons. The Hall–Kier alpha value is -2.11. The lowest BCUT2D eigenvalue weighted by Crippen LogP contribution is -2.33. The zero-order valence-corrected chi connectivity index (χ0v) is 12.5. The first kappa shape index (κ1) is 14.3. The number of hydrogen-bond donors (Lipinski definition) is 2. The van der Waals surface area contributed by atoms with Gasteiger partial charge in [-0.2, -0.15) is 5.10 Å². The second kappa shape index (κ2) is 5.48. The Morgan fingerprint density at radius 3 is 2.75 bits per heavy atom. The second-order valence-corrected chi connectivity index (χ2v) is 5.49. The largest absolute Gasteiger partial charge is 0.388 e. The number of nitrogens with one attached hydrogen (secondary N) is 1. The molecule has 6 heteroatoms. The molecule has 2 aromatic rings. The van der Waals surface area contributed by atoms with Gasteiger partial charge in [-0.25, -0.2) is 9.50 Å². The van der Waals surface area contributed by atoms with Crippen molar-refractivity contribution < 1.29 is 0 Å². The molecule has 0 saturated heterocycles. The van der Waals surface area contributed by atoms with Crippen molar-refractivity contribution in [3.63, 3.8) is 0 Å². The Morgan fingerprint density at radius 1 is 1.45 bits per heavy atom. The summed E-state index contributed by atoms with van der Waals surface area (Å²) in [6.07, 6.45) is 4.12. The molecule has 0 radical (unpaired) electrons. The van der Waals surface area contributed by atoms with E-state index >= 15 is 0 Å². The van der Waals surface area contributed by atoms with Gasteiger partial charge in [0.2, 0.25) is 0 Å². The zero-order valence-electron chi connectivity index (χ0n) is 12.5. The summed E-state index contributed by atoms with van der Waals surface area (Å²) in [7, 11) is 1.97. The van der Waals surface area contributed by atoms with Crippen molar-refractivity contribution in [2.45, 2.75) is 39.2 Å². The van der Waals surface area contributed by atoms with Gasteiger partial charge in [0.25, 0.3) is 0 Å². The van der Waals surface area contributed by atoms with Crippen LogP contribution in [0.25, 0.3) is 5.52 Å². The highest BCUT2D eigenvalue weighted by atomic mass is 15.3. The maximum absolute atomic E-state index is 7.42. The fraction of sp³-hybridized carbons (Fsp3) is 0.500. The van der Waals surface area contributed by atoms with Crippen LogP contribution >= 0.6 is 0 Å². The molecule has 0 aliphatic heterocycles. The van der Waals surface area contributed by atoms with E-state index < -0.39 is 0 Å². The number of amidine groups is 1. The topological polar surface area (TPSA) is 83.3 Å². The van der Waals surface area contributed by atoms with Gasteiger partial charge in [0.15, 0.2) is 5.82 Å². The Bertz CT molecular complexity index is 615. The van der Waals surface area contributed by atoms with E-state index in [0.717, 1.165) is 17.0 Å². The predicted octanol–water partition coefficient (Wildman–Crippen LogP) is 2.00. The highest BCUT2D eigenvalue weighted by molar-refractivity contribution is 5.78. The summed E-state index contributed by atoms with van der Waals surface area (Å²) in [4.78, 5) is 6.51. The van der Waals surface area contributed by atoms with Gasteiger partial charge in [-0.1, -0.05) is 13.8 Å². The summed E-state index contributed by atoms with van der Waals surface area (Å²) in [5, 5.41) is 12.0. The smallest absolute Gasteiger partial charge is 0.154 e. The van der Waals surface area contributed by atoms with Crippen molar-refractivity contribution >= 4 is 17.2 Å². The van der Waals surface area contributed by atoms with Crippen molar-refractivity contribution in [1.82, 2.24) is 14.6 Å². The van der Waals surface area contributed by atoms with E-state index in [1.54, 1.807) is 6.20 Å². The molecule has 0 aromatic carbocycles. The molecule has 0 fully saturated rings. The second-order valence-electron chi connectivity index (χ2n) is 5.49. The van der Waals surface area contributed by atoms with Gasteiger partial charge >= 0.3 is 0 Å². The fourth-order valence-corrected chi connectivity index (χ4v) is 2.15. The molecular weight excluding hydrogens is 252 g/mol. The van der Waals surface area contributed by atoms with E-state index in [4.69, 9.17) is 11.1 Å². The van der Waals surface area contributed by atoms with Crippen LogP contribution in [0, 0.1) is 5.41 Å². The van der Waals surface area contributed by atoms with Crippen LogP contribution < -0.4 is 10.6 Å². The normalized spacial score (nSPS) is 12.8. The Morgan fingerprint density at radius 2 is 2.15 bits per heavy atom. The van der Waals surface area contributed by atoms with Gasteiger partial charge in [-0.05, 0) is 18.9 Å². The van der Waals surface area contributed by atoms with Crippen LogP contribution in [0.15, 0.2) is 18.5 Å². The third-order valence-corrected chi connectivity index (χ3v) is 3.49. The van der Waals surface area contributed by atoms with Crippen molar-refractivity contribution in [3.8, 4) is 0 Å². The van der Waals surface area contributed by atoms with E-state index in [0.29, 0.717) is 12.3 Å². The average molecular weight is 274 g/mol. The number of aromatic nitrogens is 3. The Balaban J connectivity index is 2.40.